The summed E-state index contributed by atoms with van der Waals surface area (Å²) >= 11 is 0. The number of benzene rings is 1. The summed E-state index contributed by atoms with van der Waals surface area (Å²) in [4.78, 5) is 0.108. The van der Waals surface area contributed by atoms with Crippen molar-refractivity contribution in [3.63, 3.8) is 0 Å². The Labute approximate surface area is 156 Å². The number of anilines is 1. The van der Waals surface area contributed by atoms with Gasteiger partial charge in [-0.1, -0.05) is 18.2 Å². The Hall–Kier alpha value is -2.59. The van der Waals surface area contributed by atoms with Gasteiger partial charge in [0.1, 0.15) is 11.5 Å². The van der Waals surface area contributed by atoms with Crippen LogP contribution in [0.1, 0.15) is 12.5 Å². The van der Waals surface area contributed by atoms with Crippen molar-refractivity contribution in [3.8, 4) is 11.5 Å². The molecule has 0 aliphatic carbocycles. The highest BCUT2D eigenvalue weighted by Crippen LogP contribution is 2.31. The molecule has 0 radical (unpaired) electrons. The van der Waals surface area contributed by atoms with Crippen molar-refractivity contribution in [1.82, 2.24) is 9.78 Å². The van der Waals surface area contributed by atoms with Crippen LogP contribution in [0.4, 0.5) is 5.82 Å². The lowest BCUT2D eigenvalue weighted by Crippen LogP contribution is -2.19. The fraction of sp³-hybridized carbons (Fsp3) is 0.235. The predicted molar refractivity (Wildman–Crippen MR) is 99.5 cm³/mol. The number of aromatic nitrogens is 2. The van der Waals surface area contributed by atoms with Crippen LogP contribution in [-0.2, 0) is 19.9 Å². The molecule has 0 bridgehead atoms. The molecule has 10 heteroatoms. The third kappa shape index (κ3) is 3.62. The first-order valence-electron chi connectivity index (χ1n) is 8.26. The summed E-state index contributed by atoms with van der Waals surface area (Å²) in [5.41, 5.74) is 0.426. The number of sulfone groups is 1. The van der Waals surface area contributed by atoms with E-state index >= 15 is 0 Å². The Morgan fingerprint density at radius 3 is 2.56 bits per heavy atom. The minimum absolute atomic E-state index is 0.0541. The van der Waals surface area contributed by atoms with Crippen LogP contribution in [0.2, 0.25) is 0 Å². The third-order valence-electron chi connectivity index (χ3n) is 4.36. The molecular formula is C17H17N3O5S2. The summed E-state index contributed by atoms with van der Waals surface area (Å²) in [6.45, 7) is 0. The molecule has 2 aromatic heterocycles. The quantitative estimate of drug-likeness (QED) is 0.695. The van der Waals surface area contributed by atoms with Gasteiger partial charge in [-0.25, -0.2) is 21.5 Å². The lowest BCUT2D eigenvalue weighted by atomic mass is 10.3. The van der Waals surface area contributed by atoms with Crippen LogP contribution in [0.5, 0.6) is 0 Å². The fourth-order valence-corrected chi connectivity index (χ4v) is 5.81. The lowest BCUT2D eigenvalue weighted by Gasteiger charge is -2.14. The minimum atomic E-state index is -3.84. The molecule has 1 aliphatic heterocycles. The van der Waals surface area contributed by atoms with Crippen molar-refractivity contribution in [2.24, 2.45) is 0 Å². The molecule has 142 valence electrons. The van der Waals surface area contributed by atoms with Crippen LogP contribution in [0, 0.1) is 0 Å². The molecule has 0 amide bonds. The summed E-state index contributed by atoms with van der Waals surface area (Å²) in [6.07, 6.45) is 1.86. The van der Waals surface area contributed by atoms with E-state index in [0.29, 0.717) is 17.9 Å². The molecule has 3 aromatic rings. The molecule has 0 unspecified atom stereocenters. The summed E-state index contributed by atoms with van der Waals surface area (Å²) in [7, 11) is -7.00. The second kappa shape index (κ2) is 6.54. The first-order chi connectivity index (χ1) is 12.8. The van der Waals surface area contributed by atoms with Gasteiger partial charge in [-0.3, -0.25) is 4.72 Å². The normalized spacial score (nSPS) is 19.2. The van der Waals surface area contributed by atoms with Crippen molar-refractivity contribution in [2.45, 2.75) is 17.4 Å². The van der Waals surface area contributed by atoms with Gasteiger partial charge in [0.25, 0.3) is 10.0 Å². The Morgan fingerprint density at radius 2 is 1.93 bits per heavy atom. The van der Waals surface area contributed by atoms with Gasteiger partial charge in [-0.15, -0.1) is 0 Å². The third-order valence-corrected chi connectivity index (χ3v) is 7.48. The Bertz CT molecular complexity index is 1150. The van der Waals surface area contributed by atoms with E-state index in [-0.39, 0.29) is 22.2 Å². The number of sulfonamides is 1. The van der Waals surface area contributed by atoms with E-state index < -0.39 is 25.9 Å². The summed E-state index contributed by atoms with van der Waals surface area (Å²) in [5.74, 6) is 0.646. The van der Waals surface area contributed by atoms with Gasteiger partial charge < -0.3 is 4.42 Å². The van der Waals surface area contributed by atoms with Crippen LogP contribution < -0.4 is 4.72 Å². The molecule has 1 saturated heterocycles. The van der Waals surface area contributed by atoms with E-state index in [1.54, 1.807) is 36.4 Å². The zero-order valence-corrected chi connectivity index (χ0v) is 15.8. The smallest absolute Gasteiger partial charge is 0.263 e. The predicted octanol–water partition coefficient (Wildman–Crippen LogP) is 2.30. The van der Waals surface area contributed by atoms with E-state index in [2.05, 4.69) is 9.82 Å². The largest absolute Gasteiger partial charge is 0.463 e. The van der Waals surface area contributed by atoms with Crippen molar-refractivity contribution in [2.75, 3.05) is 16.2 Å². The van der Waals surface area contributed by atoms with Crippen LogP contribution in [0.25, 0.3) is 11.5 Å². The van der Waals surface area contributed by atoms with Crippen molar-refractivity contribution < 1.29 is 21.3 Å². The molecule has 1 N–H and O–H groups in total. The van der Waals surface area contributed by atoms with Crippen molar-refractivity contribution >= 4 is 25.7 Å². The maximum atomic E-state index is 12.7. The monoisotopic (exact) mass is 407 g/mol. The maximum absolute atomic E-state index is 12.7. The molecule has 1 fully saturated rings. The average Bonchev–Trinajstić information content (AvgIpc) is 3.35. The van der Waals surface area contributed by atoms with Crippen molar-refractivity contribution in [3.05, 3.63) is 54.8 Å². The van der Waals surface area contributed by atoms with E-state index in [1.165, 1.54) is 23.1 Å². The topological polar surface area (TPSA) is 111 Å². The van der Waals surface area contributed by atoms with Crippen LogP contribution in [0.3, 0.4) is 0 Å². The molecule has 4 rings (SSSR count). The van der Waals surface area contributed by atoms with Gasteiger partial charge in [0.15, 0.2) is 15.6 Å². The van der Waals surface area contributed by atoms with Gasteiger partial charge in [-0.05, 0) is 30.7 Å². The highest BCUT2D eigenvalue weighted by Gasteiger charge is 2.32. The molecule has 27 heavy (non-hydrogen) atoms. The molecule has 1 aromatic carbocycles. The van der Waals surface area contributed by atoms with Gasteiger partial charge in [0.05, 0.1) is 28.7 Å². The van der Waals surface area contributed by atoms with E-state index in [4.69, 9.17) is 4.42 Å². The summed E-state index contributed by atoms with van der Waals surface area (Å²) in [5, 5.41) is 4.41. The minimum Gasteiger partial charge on any atom is -0.463 e. The molecule has 0 spiro atoms. The summed E-state index contributed by atoms with van der Waals surface area (Å²) in [6, 6.07) is 12.5. The lowest BCUT2D eigenvalue weighted by molar-refractivity contribution is 0.504. The number of rotatable bonds is 5. The van der Waals surface area contributed by atoms with Gasteiger partial charge in [-0.2, -0.15) is 5.10 Å². The number of nitrogens with zero attached hydrogens (tertiary/aromatic N) is 2. The van der Waals surface area contributed by atoms with Gasteiger partial charge >= 0.3 is 0 Å². The van der Waals surface area contributed by atoms with E-state index in [9.17, 15) is 16.8 Å². The zero-order chi connectivity index (χ0) is 19.1. The first-order valence-corrected chi connectivity index (χ1v) is 11.6. The second-order valence-electron chi connectivity index (χ2n) is 6.31. The Morgan fingerprint density at radius 1 is 1.15 bits per heavy atom. The highest BCUT2D eigenvalue weighted by molar-refractivity contribution is 7.92. The molecule has 8 nitrogen and oxygen atoms in total. The van der Waals surface area contributed by atoms with Crippen LogP contribution in [0.15, 0.2) is 64.1 Å². The molecule has 1 aliphatic rings. The number of nitrogens with one attached hydrogen (secondary N) is 1. The number of hydrogen-bond acceptors (Lipinski definition) is 6. The fourth-order valence-electron chi connectivity index (χ4n) is 3.06. The number of hydrogen-bond donors (Lipinski definition) is 1. The zero-order valence-electron chi connectivity index (χ0n) is 14.1. The summed E-state index contributed by atoms with van der Waals surface area (Å²) < 4.78 is 58.4. The highest BCUT2D eigenvalue weighted by atomic mass is 32.2. The molecule has 0 saturated carbocycles. The standard InChI is InChI=1S/C17H17N3O5S2/c21-26(22)10-8-13(12-26)20-17(11-15(18-20)16-7-4-9-25-16)19-27(23,24)14-5-2-1-3-6-14/h1-7,9,11,13,19H,8,10,12H2/t13-/m1/s1. The Balaban J connectivity index is 1.75. The number of furan rings is 1. The SMILES string of the molecule is O=S1(=O)CC[C@@H](n2nc(-c3ccco3)cc2NS(=O)(=O)c2ccccc2)C1. The van der Waals surface area contributed by atoms with E-state index in [0.717, 1.165) is 0 Å². The van der Waals surface area contributed by atoms with Crippen LogP contribution in [-0.4, -0.2) is 38.1 Å². The van der Waals surface area contributed by atoms with Crippen LogP contribution >= 0.6 is 0 Å². The molecule has 3 heterocycles. The average molecular weight is 407 g/mol. The Kier molecular flexibility index (Phi) is 4.31. The first kappa shape index (κ1) is 17.8. The molecular weight excluding hydrogens is 390 g/mol. The maximum Gasteiger partial charge on any atom is 0.263 e. The second-order valence-corrected chi connectivity index (χ2v) is 10.2. The van der Waals surface area contributed by atoms with Crippen molar-refractivity contribution in [1.29, 1.82) is 0 Å². The van der Waals surface area contributed by atoms with E-state index in [1.807, 2.05) is 0 Å². The van der Waals surface area contributed by atoms with Gasteiger partial charge in [0, 0.05) is 6.07 Å². The molecule has 1 atom stereocenters. The van der Waals surface area contributed by atoms with Gasteiger partial charge in [0.2, 0.25) is 0 Å².